The third-order valence-electron chi connectivity index (χ3n) is 4.96. The van der Waals surface area contributed by atoms with E-state index in [1.807, 2.05) is 24.3 Å². The van der Waals surface area contributed by atoms with Gasteiger partial charge in [-0.3, -0.25) is 0 Å². The second kappa shape index (κ2) is 7.33. The van der Waals surface area contributed by atoms with Gasteiger partial charge in [0.1, 0.15) is 17.7 Å². The Morgan fingerprint density at radius 1 is 1.11 bits per heavy atom. The lowest BCUT2D eigenvalue weighted by atomic mass is 9.98. The summed E-state index contributed by atoms with van der Waals surface area (Å²) in [7, 11) is -2.09. The van der Waals surface area contributed by atoms with E-state index in [-0.39, 0.29) is 5.56 Å². The van der Waals surface area contributed by atoms with Crippen molar-refractivity contribution in [2.24, 2.45) is 7.05 Å². The van der Waals surface area contributed by atoms with Crippen LogP contribution in [0.1, 0.15) is 35.0 Å². The molecule has 0 radical (unpaired) electrons. The van der Waals surface area contributed by atoms with Gasteiger partial charge in [-0.1, -0.05) is 42.5 Å². The average molecular weight is 397 g/mol. The van der Waals surface area contributed by atoms with Crippen LogP contribution in [0.5, 0.6) is 0 Å². The van der Waals surface area contributed by atoms with Crippen LogP contribution in [0.25, 0.3) is 6.08 Å². The molecule has 28 heavy (non-hydrogen) atoms. The van der Waals surface area contributed by atoms with Crippen molar-refractivity contribution in [1.29, 1.82) is 0 Å². The van der Waals surface area contributed by atoms with Crippen molar-refractivity contribution in [3.8, 4) is 0 Å². The van der Waals surface area contributed by atoms with Crippen molar-refractivity contribution in [2.75, 3.05) is 0 Å². The predicted molar refractivity (Wildman–Crippen MR) is 106 cm³/mol. The molecule has 1 aliphatic carbocycles. The monoisotopic (exact) mass is 397 g/mol. The van der Waals surface area contributed by atoms with E-state index in [0.717, 1.165) is 11.1 Å². The molecule has 0 aliphatic heterocycles. The van der Waals surface area contributed by atoms with Crippen LogP contribution in [0.2, 0.25) is 0 Å². The molecule has 1 N–H and O–H groups in total. The summed E-state index contributed by atoms with van der Waals surface area (Å²) < 4.78 is 45.2. The molecule has 5 nitrogen and oxygen atoms in total. The largest absolute Gasteiger partial charge is 0.336 e. The van der Waals surface area contributed by atoms with Crippen LogP contribution >= 0.6 is 0 Å². The Labute approximate surface area is 163 Å². The lowest BCUT2D eigenvalue weighted by Gasteiger charge is -2.22. The molecule has 3 aromatic rings. The van der Waals surface area contributed by atoms with E-state index >= 15 is 0 Å². The van der Waals surface area contributed by atoms with Gasteiger partial charge in [-0.25, -0.2) is 17.8 Å². The Hall–Kier alpha value is -2.77. The molecular formula is C21H20FN3O2S. The highest BCUT2D eigenvalue weighted by atomic mass is 32.2. The van der Waals surface area contributed by atoms with Gasteiger partial charge in [-0.15, -0.1) is 0 Å². The average Bonchev–Trinajstić information content (AvgIpc) is 3.12. The predicted octanol–water partition coefficient (Wildman–Crippen LogP) is 3.56. The summed E-state index contributed by atoms with van der Waals surface area (Å²) in [6.45, 7) is 0. The third-order valence-corrected chi connectivity index (χ3v) is 6.52. The van der Waals surface area contributed by atoms with Gasteiger partial charge >= 0.3 is 0 Å². The molecule has 7 heteroatoms. The molecule has 0 amide bonds. The van der Waals surface area contributed by atoms with Crippen molar-refractivity contribution < 1.29 is 12.8 Å². The zero-order chi connectivity index (χ0) is 19.7. The summed E-state index contributed by atoms with van der Waals surface area (Å²) in [5.41, 5.74) is 2.25. The highest BCUT2D eigenvalue weighted by molar-refractivity contribution is 7.93. The normalized spacial score (nSPS) is 15.0. The first-order valence-corrected chi connectivity index (χ1v) is 10.5. The number of aromatic nitrogens is 2. The number of halogens is 1. The first-order valence-electron chi connectivity index (χ1n) is 8.98. The Kier molecular flexibility index (Phi) is 4.87. The van der Waals surface area contributed by atoms with E-state index in [4.69, 9.17) is 0 Å². The fourth-order valence-electron chi connectivity index (χ4n) is 3.47. The summed E-state index contributed by atoms with van der Waals surface area (Å²) in [6.07, 6.45) is 6.01. The first kappa shape index (κ1) is 18.6. The number of nitrogens with zero attached hydrogens (tertiary/aromatic N) is 2. The number of fused-ring (bicyclic) bond motifs is 1. The minimum Gasteiger partial charge on any atom is -0.336 e. The smallest absolute Gasteiger partial charge is 0.237 e. The number of aryl methyl sites for hydroxylation is 2. The summed E-state index contributed by atoms with van der Waals surface area (Å²) >= 11 is 0. The second-order valence-corrected chi connectivity index (χ2v) is 8.55. The van der Waals surface area contributed by atoms with Crippen LogP contribution in [0, 0.1) is 5.82 Å². The Balaban J connectivity index is 1.74. The number of benzene rings is 2. The molecule has 4 rings (SSSR count). The zero-order valence-electron chi connectivity index (χ0n) is 15.3. The van der Waals surface area contributed by atoms with Gasteiger partial charge in [0.25, 0.3) is 0 Å². The second-order valence-electron chi connectivity index (χ2n) is 6.78. The van der Waals surface area contributed by atoms with E-state index in [9.17, 15) is 12.8 Å². The van der Waals surface area contributed by atoms with Crippen LogP contribution in [0.3, 0.4) is 0 Å². The highest BCUT2D eigenvalue weighted by Crippen LogP contribution is 2.30. The van der Waals surface area contributed by atoms with Crippen LogP contribution in [-0.2, 0) is 23.5 Å². The van der Waals surface area contributed by atoms with Gasteiger partial charge < -0.3 is 4.57 Å². The fraction of sp³-hybridized carbons (Fsp3) is 0.190. The quantitative estimate of drug-likeness (QED) is 0.716. The Morgan fingerprint density at radius 2 is 1.86 bits per heavy atom. The molecule has 1 atom stereocenters. The van der Waals surface area contributed by atoms with E-state index in [0.29, 0.717) is 23.6 Å². The number of hydrogen-bond donors (Lipinski definition) is 1. The number of hydrogen-bond acceptors (Lipinski definition) is 3. The Morgan fingerprint density at radius 3 is 2.61 bits per heavy atom. The van der Waals surface area contributed by atoms with E-state index in [1.54, 1.807) is 48.3 Å². The van der Waals surface area contributed by atoms with Gasteiger partial charge in [0.15, 0.2) is 0 Å². The van der Waals surface area contributed by atoms with E-state index in [2.05, 4.69) is 9.71 Å². The molecule has 0 fully saturated rings. The lowest BCUT2D eigenvalue weighted by Crippen LogP contribution is -2.33. The maximum atomic E-state index is 14.5. The molecule has 1 aromatic heterocycles. The first-order chi connectivity index (χ1) is 13.5. The molecule has 0 spiro atoms. The SMILES string of the molecule is Cn1ccnc1[C@@H](NS(=O)(=O)C1=Cc2ccccc2CC1)c1ccccc1F. The van der Waals surface area contributed by atoms with Crippen molar-refractivity contribution in [2.45, 2.75) is 18.9 Å². The topological polar surface area (TPSA) is 64.0 Å². The highest BCUT2D eigenvalue weighted by Gasteiger charge is 2.29. The van der Waals surface area contributed by atoms with Crippen LogP contribution in [0.4, 0.5) is 4.39 Å². The summed E-state index contributed by atoms with van der Waals surface area (Å²) in [4.78, 5) is 4.54. The standard InChI is InChI=1S/C21H20FN3O2S/c1-25-13-12-23-21(25)20(18-8-4-5-9-19(18)22)24-28(26,27)17-11-10-15-6-2-3-7-16(15)14-17/h2-9,12-14,20,24H,10-11H2,1H3/t20-/m0/s1. The zero-order valence-corrected chi connectivity index (χ0v) is 16.2. The maximum absolute atomic E-state index is 14.5. The van der Waals surface area contributed by atoms with Crippen molar-refractivity contribution in [1.82, 2.24) is 14.3 Å². The van der Waals surface area contributed by atoms with Crippen LogP contribution in [0.15, 0.2) is 65.8 Å². The fourth-order valence-corrected chi connectivity index (χ4v) is 4.82. The molecule has 1 aliphatic rings. The molecular weight excluding hydrogens is 377 g/mol. The summed E-state index contributed by atoms with van der Waals surface area (Å²) in [5, 5.41) is 0. The molecule has 1 heterocycles. The third kappa shape index (κ3) is 3.50. The Bertz CT molecular complexity index is 1150. The van der Waals surface area contributed by atoms with E-state index < -0.39 is 21.9 Å². The van der Waals surface area contributed by atoms with Gasteiger partial charge in [0, 0.05) is 25.0 Å². The van der Waals surface area contributed by atoms with Crippen LogP contribution in [-0.4, -0.2) is 18.0 Å². The van der Waals surface area contributed by atoms with Crippen molar-refractivity contribution in [3.05, 3.63) is 94.2 Å². The van der Waals surface area contributed by atoms with Crippen molar-refractivity contribution in [3.63, 3.8) is 0 Å². The van der Waals surface area contributed by atoms with Gasteiger partial charge in [0.05, 0.1) is 4.91 Å². The van der Waals surface area contributed by atoms with E-state index in [1.165, 1.54) is 6.07 Å². The number of sulfonamides is 1. The molecule has 2 aromatic carbocycles. The number of rotatable bonds is 5. The number of nitrogens with one attached hydrogen (secondary N) is 1. The van der Waals surface area contributed by atoms with Gasteiger partial charge in [-0.2, -0.15) is 4.72 Å². The van der Waals surface area contributed by atoms with Crippen LogP contribution < -0.4 is 4.72 Å². The van der Waals surface area contributed by atoms with Gasteiger partial charge in [0.2, 0.25) is 10.0 Å². The molecule has 0 saturated carbocycles. The minimum atomic E-state index is -3.84. The number of imidazole rings is 1. The number of allylic oxidation sites excluding steroid dienone is 1. The molecule has 0 unspecified atom stereocenters. The molecule has 144 valence electrons. The van der Waals surface area contributed by atoms with Gasteiger partial charge in [-0.05, 0) is 36.1 Å². The molecule has 0 saturated heterocycles. The van der Waals surface area contributed by atoms with Crippen molar-refractivity contribution >= 4 is 16.1 Å². The maximum Gasteiger partial charge on any atom is 0.237 e. The molecule has 0 bridgehead atoms. The summed E-state index contributed by atoms with van der Waals surface area (Å²) in [6, 6.07) is 12.9. The summed E-state index contributed by atoms with van der Waals surface area (Å²) in [5.74, 6) is -0.0633. The minimum absolute atomic E-state index is 0.234. The lowest BCUT2D eigenvalue weighted by molar-refractivity contribution is 0.547.